The molecule has 1 aliphatic carbocycles. The number of rotatable bonds is 1. The fourth-order valence-electron chi connectivity index (χ4n) is 3.17. The lowest BCUT2D eigenvalue weighted by Gasteiger charge is -2.51. The average molecular weight is 256 g/mol. The number of piperidine rings is 2. The topological polar surface area (TPSA) is 79.8 Å². The molecule has 6 nitrogen and oxygen atoms in total. The van der Waals surface area contributed by atoms with Gasteiger partial charge in [0, 0.05) is 17.8 Å². The summed E-state index contributed by atoms with van der Waals surface area (Å²) in [6, 6.07) is 3.54. The van der Waals surface area contributed by atoms with Crippen LogP contribution in [0.2, 0.25) is 0 Å². The van der Waals surface area contributed by atoms with Crippen LogP contribution >= 0.6 is 0 Å². The van der Waals surface area contributed by atoms with Crippen LogP contribution in [0.5, 0.6) is 0 Å². The first-order chi connectivity index (χ1) is 9.12. The number of hydrogen-bond acceptors (Lipinski definition) is 3. The highest BCUT2D eigenvalue weighted by Crippen LogP contribution is 2.50. The second-order valence-corrected chi connectivity index (χ2v) is 5.26. The maximum Gasteiger partial charge on any atom is 0.328 e. The van der Waals surface area contributed by atoms with Crippen molar-refractivity contribution in [2.45, 2.75) is 18.4 Å². The van der Waals surface area contributed by atoms with E-state index in [1.54, 1.807) is 18.3 Å². The molecule has 2 bridgehead atoms. The lowest BCUT2D eigenvalue weighted by atomic mass is 9.63. The van der Waals surface area contributed by atoms with Crippen molar-refractivity contribution in [3.63, 3.8) is 0 Å². The Kier molecular flexibility index (Phi) is 1.74. The lowest BCUT2D eigenvalue weighted by Crippen LogP contribution is -2.65. The van der Waals surface area contributed by atoms with E-state index in [1.807, 2.05) is 0 Å². The summed E-state index contributed by atoms with van der Waals surface area (Å²) in [4.78, 5) is 31.4. The van der Waals surface area contributed by atoms with Crippen LogP contribution in [0, 0.1) is 5.92 Å². The Labute approximate surface area is 108 Å². The fourth-order valence-corrected chi connectivity index (χ4v) is 3.17. The lowest BCUT2D eigenvalue weighted by molar-refractivity contribution is -0.140. The number of fused-ring (bicyclic) bond motifs is 3. The molecule has 4 heterocycles. The normalized spacial score (nSPS) is 29.2. The standard InChI is InChI=1S/C13H12N4O2/c1-7-8-5-13(6-8,11(18)15-7)17-10-9(16-12(17)19)3-2-4-14-10/h2-4,8H,1,5-6H2,(H,15,18)(H,16,19). The van der Waals surface area contributed by atoms with Crippen molar-refractivity contribution in [2.24, 2.45) is 5.92 Å². The molecule has 1 saturated carbocycles. The van der Waals surface area contributed by atoms with Gasteiger partial charge in [0.05, 0.1) is 5.52 Å². The quantitative estimate of drug-likeness (QED) is 0.778. The molecular weight excluding hydrogens is 244 g/mol. The molecule has 2 saturated heterocycles. The molecule has 0 aromatic carbocycles. The number of carbonyl (C=O) groups is 1. The van der Waals surface area contributed by atoms with Gasteiger partial charge in [-0.2, -0.15) is 0 Å². The van der Waals surface area contributed by atoms with E-state index in [0.29, 0.717) is 24.0 Å². The summed E-state index contributed by atoms with van der Waals surface area (Å²) in [5.41, 5.74) is 0.869. The SMILES string of the molecule is C=C1NC(=O)C2(n3c(=O)[nH]c4cccnc43)CC1C2. The fraction of sp³-hybridized carbons (Fsp3) is 0.308. The van der Waals surface area contributed by atoms with Crippen LogP contribution in [-0.2, 0) is 10.3 Å². The van der Waals surface area contributed by atoms with Gasteiger partial charge in [0.15, 0.2) is 5.65 Å². The van der Waals surface area contributed by atoms with E-state index in [-0.39, 0.29) is 17.5 Å². The van der Waals surface area contributed by atoms with Gasteiger partial charge in [0.1, 0.15) is 5.54 Å². The number of imidazole rings is 1. The van der Waals surface area contributed by atoms with Gasteiger partial charge in [0.2, 0.25) is 0 Å². The number of pyridine rings is 1. The van der Waals surface area contributed by atoms with Gasteiger partial charge < -0.3 is 10.3 Å². The summed E-state index contributed by atoms with van der Waals surface area (Å²) >= 11 is 0. The molecular formula is C13H12N4O2. The van der Waals surface area contributed by atoms with Gasteiger partial charge >= 0.3 is 5.69 Å². The van der Waals surface area contributed by atoms with Gasteiger partial charge in [-0.05, 0) is 25.0 Å². The maximum absolute atomic E-state index is 12.3. The highest BCUT2D eigenvalue weighted by Gasteiger charge is 2.58. The molecule has 96 valence electrons. The zero-order valence-corrected chi connectivity index (χ0v) is 10.1. The molecule has 2 aromatic heterocycles. The number of nitrogens with zero attached hydrogens (tertiary/aromatic N) is 2. The van der Waals surface area contributed by atoms with Crippen molar-refractivity contribution in [1.82, 2.24) is 19.9 Å². The van der Waals surface area contributed by atoms with Crippen molar-refractivity contribution in [2.75, 3.05) is 0 Å². The summed E-state index contributed by atoms with van der Waals surface area (Å²) in [6.45, 7) is 3.84. The monoisotopic (exact) mass is 256 g/mol. The summed E-state index contributed by atoms with van der Waals surface area (Å²) in [6.07, 6.45) is 2.88. The van der Waals surface area contributed by atoms with Crippen LogP contribution in [0.3, 0.4) is 0 Å². The minimum atomic E-state index is -0.796. The Morgan fingerprint density at radius 2 is 2.21 bits per heavy atom. The molecule has 0 spiro atoms. The summed E-state index contributed by atoms with van der Waals surface area (Å²) < 4.78 is 1.50. The van der Waals surface area contributed by atoms with Gasteiger partial charge in [-0.1, -0.05) is 6.58 Å². The van der Waals surface area contributed by atoms with Crippen LogP contribution in [0.1, 0.15) is 12.8 Å². The van der Waals surface area contributed by atoms with E-state index in [0.717, 1.165) is 5.70 Å². The third-order valence-electron chi connectivity index (χ3n) is 4.23. The predicted octanol–water partition coefficient (Wildman–Crippen LogP) is 0.473. The number of aromatic nitrogens is 3. The first-order valence-corrected chi connectivity index (χ1v) is 6.18. The molecule has 3 aliphatic rings. The van der Waals surface area contributed by atoms with E-state index in [4.69, 9.17) is 0 Å². The minimum absolute atomic E-state index is 0.159. The largest absolute Gasteiger partial charge is 0.328 e. The Bertz CT molecular complexity index is 779. The second-order valence-electron chi connectivity index (χ2n) is 5.26. The summed E-state index contributed by atoms with van der Waals surface area (Å²) in [5, 5.41) is 2.77. The molecule has 2 aromatic rings. The zero-order chi connectivity index (χ0) is 13.2. The van der Waals surface area contributed by atoms with E-state index in [1.165, 1.54) is 4.57 Å². The van der Waals surface area contributed by atoms with E-state index in [2.05, 4.69) is 21.9 Å². The van der Waals surface area contributed by atoms with Crippen LogP contribution in [0.15, 0.2) is 35.4 Å². The number of aromatic amines is 1. The van der Waals surface area contributed by atoms with Gasteiger partial charge in [-0.3, -0.25) is 9.36 Å². The molecule has 0 atom stereocenters. The van der Waals surface area contributed by atoms with Gasteiger partial charge in [0.25, 0.3) is 5.91 Å². The van der Waals surface area contributed by atoms with E-state index < -0.39 is 5.54 Å². The Balaban J connectivity index is 1.97. The smallest absolute Gasteiger partial charge is 0.328 e. The second kappa shape index (κ2) is 3.14. The Morgan fingerprint density at radius 1 is 1.42 bits per heavy atom. The molecule has 2 N–H and O–H groups in total. The first kappa shape index (κ1) is 10.5. The van der Waals surface area contributed by atoms with Gasteiger partial charge in [-0.25, -0.2) is 9.78 Å². The third-order valence-corrected chi connectivity index (χ3v) is 4.23. The number of amides is 1. The van der Waals surface area contributed by atoms with Crippen molar-refractivity contribution in [3.8, 4) is 0 Å². The molecule has 0 radical (unpaired) electrons. The van der Waals surface area contributed by atoms with Crippen LogP contribution < -0.4 is 11.0 Å². The molecule has 19 heavy (non-hydrogen) atoms. The zero-order valence-electron chi connectivity index (χ0n) is 10.1. The summed E-state index contributed by atoms with van der Waals surface area (Å²) in [5.74, 6) is 0.104. The van der Waals surface area contributed by atoms with Crippen molar-refractivity contribution >= 4 is 17.1 Å². The van der Waals surface area contributed by atoms with Crippen molar-refractivity contribution in [3.05, 3.63) is 41.1 Å². The van der Waals surface area contributed by atoms with E-state index in [9.17, 15) is 9.59 Å². The molecule has 0 unspecified atom stereocenters. The number of hydrogen-bond donors (Lipinski definition) is 2. The van der Waals surface area contributed by atoms with Crippen LogP contribution in [-0.4, -0.2) is 20.4 Å². The van der Waals surface area contributed by atoms with Crippen LogP contribution in [0.25, 0.3) is 11.2 Å². The molecule has 1 amide bonds. The molecule has 3 fully saturated rings. The van der Waals surface area contributed by atoms with Gasteiger partial charge in [-0.15, -0.1) is 0 Å². The number of allylic oxidation sites excluding steroid dienone is 1. The number of nitrogens with one attached hydrogen (secondary N) is 2. The Hall–Kier alpha value is -2.37. The summed E-state index contributed by atoms with van der Waals surface area (Å²) in [7, 11) is 0. The molecule has 6 heteroatoms. The third kappa shape index (κ3) is 1.13. The highest BCUT2D eigenvalue weighted by molar-refractivity contribution is 5.91. The van der Waals surface area contributed by atoms with Crippen molar-refractivity contribution in [1.29, 1.82) is 0 Å². The highest BCUT2D eigenvalue weighted by atomic mass is 16.2. The first-order valence-electron chi connectivity index (χ1n) is 6.18. The minimum Gasteiger partial charge on any atom is -0.328 e. The maximum atomic E-state index is 12.3. The Morgan fingerprint density at radius 3 is 2.95 bits per heavy atom. The van der Waals surface area contributed by atoms with E-state index >= 15 is 0 Å². The molecule has 2 aliphatic heterocycles. The predicted molar refractivity (Wildman–Crippen MR) is 68.3 cm³/mol. The molecule has 5 rings (SSSR count). The number of carbonyl (C=O) groups excluding carboxylic acids is 1. The average Bonchev–Trinajstić information content (AvgIpc) is 2.64. The van der Waals surface area contributed by atoms with Crippen molar-refractivity contribution < 1.29 is 4.79 Å². The van der Waals surface area contributed by atoms with Crippen LogP contribution in [0.4, 0.5) is 0 Å². The number of H-pyrrole nitrogens is 1.